The minimum atomic E-state index is -0.377. The first-order chi connectivity index (χ1) is 10.7. The summed E-state index contributed by atoms with van der Waals surface area (Å²) in [6, 6.07) is 6.98. The summed E-state index contributed by atoms with van der Waals surface area (Å²) in [6.07, 6.45) is 8.15. The molecule has 1 fully saturated rings. The van der Waals surface area contributed by atoms with Crippen molar-refractivity contribution in [1.29, 1.82) is 0 Å². The van der Waals surface area contributed by atoms with E-state index in [1.165, 1.54) is 32.1 Å². The monoisotopic (exact) mass is 306 g/mol. The minimum absolute atomic E-state index is 0.0527. The third-order valence-corrected chi connectivity index (χ3v) is 3.93. The fraction of sp³-hybridized carbons (Fsp3) is 0.611. The number of ether oxygens (including phenoxy) is 3. The highest BCUT2D eigenvalue weighted by molar-refractivity contribution is 5.80. The molecule has 4 heteroatoms. The molecule has 1 saturated heterocycles. The summed E-state index contributed by atoms with van der Waals surface area (Å²) in [4.78, 5) is 11.9. The highest BCUT2D eigenvalue weighted by atomic mass is 16.6. The highest BCUT2D eigenvalue weighted by Gasteiger charge is 2.45. The maximum absolute atomic E-state index is 11.9. The molecule has 1 aliphatic heterocycles. The van der Waals surface area contributed by atoms with Gasteiger partial charge in [-0.25, -0.2) is 4.79 Å². The molecule has 0 unspecified atom stereocenters. The Labute approximate surface area is 132 Å². The van der Waals surface area contributed by atoms with Crippen molar-refractivity contribution in [3.8, 4) is 11.5 Å². The van der Waals surface area contributed by atoms with E-state index in [0.717, 1.165) is 18.6 Å². The van der Waals surface area contributed by atoms with Crippen LogP contribution in [0.5, 0.6) is 11.5 Å². The Hall–Kier alpha value is -1.55. The Kier molecular flexibility index (Phi) is 6.72. The molecule has 0 N–H and O–H groups in total. The van der Waals surface area contributed by atoms with Gasteiger partial charge >= 0.3 is 5.97 Å². The molecule has 0 aromatic heterocycles. The molecule has 0 bridgehead atoms. The Morgan fingerprint density at radius 1 is 1.05 bits per heavy atom. The highest BCUT2D eigenvalue weighted by Crippen LogP contribution is 2.29. The van der Waals surface area contributed by atoms with Gasteiger partial charge in [0.25, 0.3) is 0 Å². The lowest BCUT2D eigenvalue weighted by Gasteiger charge is -2.03. The van der Waals surface area contributed by atoms with E-state index in [-0.39, 0.29) is 18.2 Å². The molecule has 2 rings (SSSR count). The van der Waals surface area contributed by atoms with Gasteiger partial charge in [-0.15, -0.1) is 0 Å². The van der Waals surface area contributed by atoms with Gasteiger partial charge in [0.15, 0.2) is 6.10 Å². The number of unbranched alkanes of at least 4 members (excludes halogenated alkanes) is 5. The number of hydrogen-bond donors (Lipinski definition) is 0. The van der Waals surface area contributed by atoms with Crippen LogP contribution in [-0.2, 0) is 9.53 Å². The third-order valence-electron chi connectivity index (χ3n) is 3.93. The first kappa shape index (κ1) is 16.8. The zero-order valence-corrected chi connectivity index (χ0v) is 13.5. The van der Waals surface area contributed by atoms with Crippen LogP contribution < -0.4 is 9.47 Å². The number of esters is 1. The van der Waals surface area contributed by atoms with Crippen LogP contribution in [0.2, 0.25) is 0 Å². The van der Waals surface area contributed by atoms with E-state index < -0.39 is 0 Å². The van der Waals surface area contributed by atoms with Crippen molar-refractivity contribution in [3.63, 3.8) is 0 Å². The number of hydrogen-bond acceptors (Lipinski definition) is 4. The van der Waals surface area contributed by atoms with Crippen molar-refractivity contribution in [3.05, 3.63) is 24.3 Å². The molecule has 22 heavy (non-hydrogen) atoms. The van der Waals surface area contributed by atoms with Crippen molar-refractivity contribution >= 4 is 5.97 Å². The number of carbonyl (C=O) groups is 1. The average Bonchev–Trinajstić information content (AvgIpc) is 3.31. The molecule has 1 aromatic carbocycles. The molecule has 0 radical (unpaired) electrons. The molecule has 1 aromatic rings. The van der Waals surface area contributed by atoms with E-state index in [1.54, 1.807) is 31.4 Å². The second-order valence-electron chi connectivity index (χ2n) is 5.75. The molecule has 4 nitrogen and oxygen atoms in total. The fourth-order valence-corrected chi connectivity index (χ4v) is 2.51. The predicted octanol–water partition coefficient (Wildman–Crippen LogP) is 4.12. The maximum Gasteiger partial charge on any atom is 0.343 e. The summed E-state index contributed by atoms with van der Waals surface area (Å²) < 4.78 is 15.8. The number of methoxy groups -OCH3 is 1. The van der Waals surface area contributed by atoms with E-state index in [0.29, 0.717) is 5.75 Å². The quantitative estimate of drug-likeness (QED) is 0.282. The number of benzene rings is 1. The van der Waals surface area contributed by atoms with E-state index in [9.17, 15) is 4.79 Å². The second-order valence-corrected chi connectivity index (χ2v) is 5.75. The predicted molar refractivity (Wildman–Crippen MR) is 85.3 cm³/mol. The Morgan fingerprint density at radius 2 is 1.68 bits per heavy atom. The van der Waals surface area contributed by atoms with Crippen LogP contribution in [0.1, 0.15) is 51.9 Å². The first-order valence-electron chi connectivity index (χ1n) is 8.25. The molecule has 0 saturated carbocycles. The molecule has 0 aliphatic carbocycles. The smallest absolute Gasteiger partial charge is 0.343 e. The lowest BCUT2D eigenvalue weighted by Crippen LogP contribution is -2.17. The minimum Gasteiger partial charge on any atom is -0.497 e. The standard InChI is InChI=1S/C18H26O4/c1-3-4-5-6-7-8-9-16-17(22-16)18(19)21-15-12-10-14(20-2)11-13-15/h10-13,16-17H,3-9H2,1-2H3/t16-,17+/m1/s1. The molecule has 1 heterocycles. The summed E-state index contributed by atoms with van der Waals surface area (Å²) in [5.74, 6) is 0.976. The Bertz CT molecular complexity index is 455. The van der Waals surface area contributed by atoms with Gasteiger partial charge in [-0.1, -0.05) is 45.4 Å². The maximum atomic E-state index is 11.9. The van der Waals surface area contributed by atoms with Crippen molar-refractivity contribution in [2.24, 2.45) is 0 Å². The number of epoxide rings is 1. The van der Waals surface area contributed by atoms with Crippen LogP contribution in [-0.4, -0.2) is 25.3 Å². The van der Waals surface area contributed by atoms with Gasteiger partial charge in [0, 0.05) is 0 Å². The van der Waals surface area contributed by atoms with Gasteiger partial charge in [0.05, 0.1) is 13.2 Å². The van der Waals surface area contributed by atoms with Crippen LogP contribution >= 0.6 is 0 Å². The zero-order chi connectivity index (χ0) is 15.8. The van der Waals surface area contributed by atoms with E-state index in [1.807, 2.05) is 0 Å². The largest absolute Gasteiger partial charge is 0.497 e. The summed E-state index contributed by atoms with van der Waals surface area (Å²) in [7, 11) is 1.60. The molecular weight excluding hydrogens is 280 g/mol. The van der Waals surface area contributed by atoms with Crippen LogP contribution in [0.25, 0.3) is 0 Å². The summed E-state index contributed by atoms with van der Waals surface area (Å²) in [6.45, 7) is 2.22. The topological polar surface area (TPSA) is 48.1 Å². The SMILES string of the molecule is CCCCCCCC[C@H]1O[C@@H]1C(=O)Oc1ccc(OC)cc1. The van der Waals surface area contributed by atoms with Crippen LogP contribution in [0.4, 0.5) is 0 Å². The van der Waals surface area contributed by atoms with Crippen LogP contribution in [0.15, 0.2) is 24.3 Å². The van der Waals surface area contributed by atoms with E-state index in [2.05, 4.69) is 6.92 Å². The van der Waals surface area contributed by atoms with Gasteiger partial charge in [-0.3, -0.25) is 0 Å². The van der Waals surface area contributed by atoms with Crippen LogP contribution in [0, 0.1) is 0 Å². The fourth-order valence-electron chi connectivity index (χ4n) is 2.51. The molecular formula is C18H26O4. The Morgan fingerprint density at radius 3 is 2.36 bits per heavy atom. The Balaban J connectivity index is 1.61. The number of carbonyl (C=O) groups excluding carboxylic acids is 1. The van der Waals surface area contributed by atoms with Gasteiger partial charge in [0.2, 0.25) is 0 Å². The van der Waals surface area contributed by atoms with Crippen molar-refractivity contribution in [2.45, 2.75) is 64.1 Å². The first-order valence-corrected chi connectivity index (χ1v) is 8.25. The van der Waals surface area contributed by atoms with Crippen molar-refractivity contribution in [2.75, 3.05) is 7.11 Å². The molecule has 2 atom stereocenters. The second kappa shape index (κ2) is 8.79. The summed E-state index contributed by atoms with van der Waals surface area (Å²) >= 11 is 0. The average molecular weight is 306 g/mol. The van der Waals surface area contributed by atoms with Crippen LogP contribution in [0.3, 0.4) is 0 Å². The molecule has 0 spiro atoms. The van der Waals surface area contributed by atoms with Gasteiger partial charge in [-0.2, -0.15) is 0 Å². The molecule has 1 aliphatic rings. The van der Waals surface area contributed by atoms with Gasteiger partial charge in [-0.05, 0) is 30.7 Å². The zero-order valence-electron chi connectivity index (χ0n) is 13.5. The van der Waals surface area contributed by atoms with Gasteiger partial charge < -0.3 is 14.2 Å². The van der Waals surface area contributed by atoms with Crippen molar-refractivity contribution in [1.82, 2.24) is 0 Å². The lowest BCUT2D eigenvalue weighted by atomic mass is 10.1. The lowest BCUT2D eigenvalue weighted by molar-refractivity contribution is -0.135. The molecule has 0 amide bonds. The summed E-state index contributed by atoms with van der Waals surface area (Å²) in [5.41, 5.74) is 0. The van der Waals surface area contributed by atoms with Crippen molar-refractivity contribution < 1.29 is 19.0 Å². The third kappa shape index (κ3) is 5.34. The van der Waals surface area contributed by atoms with Gasteiger partial charge in [0.1, 0.15) is 11.5 Å². The summed E-state index contributed by atoms with van der Waals surface area (Å²) in [5, 5.41) is 0. The number of rotatable bonds is 10. The molecule has 122 valence electrons. The normalized spacial score (nSPS) is 19.7. The van der Waals surface area contributed by atoms with E-state index in [4.69, 9.17) is 14.2 Å². The van der Waals surface area contributed by atoms with E-state index >= 15 is 0 Å².